The second kappa shape index (κ2) is 9.20. The quantitative estimate of drug-likeness (QED) is 0.426. The summed E-state index contributed by atoms with van der Waals surface area (Å²) in [6.45, 7) is 1.71. The van der Waals surface area contributed by atoms with Gasteiger partial charge in [-0.2, -0.15) is 0 Å². The number of halogens is 1. The molecule has 0 bridgehead atoms. The third-order valence-corrected chi connectivity index (χ3v) is 5.52. The highest BCUT2D eigenvalue weighted by Gasteiger charge is 2.16. The number of aromatic nitrogens is 3. The molecular formula is C22H19ClN4O3S. The van der Waals surface area contributed by atoms with Crippen molar-refractivity contribution in [2.75, 3.05) is 19.0 Å². The van der Waals surface area contributed by atoms with Crippen molar-refractivity contribution in [2.45, 2.75) is 6.92 Å². The van der Waals surface area contributed by atoms with Crippen LogP contribution in [0, 0.1) is 6.92 Å². The Morgan fingerprint density at radius 3 is 2.77 bits per heavy atom. The van der Waals surface area contributed by atoms with Crippen LogP contribution in [0.4, 0.5) is 5.82 Å². The Kier molecular flexibility index (Phi) is 6.20. The predicted molar refractivity (Wildman–Crippen MR) is 122 cm³/mol. The molecule has 2 aromatic heterocycles. The molecule has 0 aliphatic rings. The Balaban J connectivity index is 1.49. The number of hydrogen-bond acceptors (Lipinski definition) is 6. The van der Waals surface area contributed by atoms with Gasteiger partial charge in [0.2, 0.25) is 0 Å². The van der Waals surface area contributed by atoms with Crippen LogP contribution in [0.1, 0.15) is 5.82 Å². The molecular weight excluding hydrogens is 436 g/mol. The summed E-state index contributed by atoms with van der Waals surface area (Å²) in [6.07, 6.45) is 1.60. The third-order valence-electron chi connectivity index (χ3n) is 4.44. The Hall–Kier alpha value is -3.36. The van der Waals surface area contributed by atoms with E-state index in [2.05, 4.69) is 10.3 Å². The zero-order valence-corrected chi connectivity index (χ0v) is 18.4. The average molecular weight is 455 g/mol. The first-order valence-electron chi connectivity index (χ1n) is 9.36. The Morgan fingerprint density at radius 2 is 2.00 bits per heavy atom. The van der Waals surface area contributed by atoms with E-state index in [4.69, 9.17) is 26.1 Å². The Labute approximate surface area is 188 Å². The average Bonchev–Trinajstić information content (AvgIpc) is 3.40. The molecule has 1 N–H and O–H groups in total. The maximum absolute atomic E-state index is 12.4. The molecule has 0 saturated carbocycles. The van der Waals surface area contributed by atoms with Gasteiger partial charge in [0, 0.05) is 16.0 Å². The first-order chi connectivity index (χ1) is 15.0. The van der Waals surface area contributed by atoms with Crippen molar-refractivity contribution in [2.24, 2.45) is 0 Å². The second-order valence-corrected chi connectivity index (χ2v) is 7.84. The highest BCUT2D eigenvalue weighted by atomic mass is 35.5. The molecule has 2 aromatic carbocycles. The number of imidazole rings is 1. The van der Waals surface area contributed by atoms with Gasteiger partial charge in [0.25, 0.3) is 5.91 Å². The first-order valence-corrected chi connectivity index (χ1v) is 10.6. The van der Waals surface area contributed by atoms with Gasteiger partial charge in [-0.05, 0) is 43.3 Å². The maximum Gasteiger partial charge on any atom is 0.263 e. The van der Waals surface area contributed by atoms with Crippen LogP contribution in [0.2, 0.25) is 5.02 Å². The SMILES string of the molecule is COc1cccc(-c2csc(-n3c(NC(=O)COc4ccc(Cl)cc4)cnc3C)n2)c1. The summed E-state index contributed by atoms with van der Waals surface area (Å²) in [7, 11) is 1.63. The van der Waals surface area contributed by atoms with Gasteiger partial charge in [0.15, 0.2) is 11.7 Å². The van der Waals surface area contributed by atoms with E-state index in [1.165, 1.54) is 11.3 Å². The Bertz CT molecular complexity index is 1200. The van der Waals surface area contributed by atoms with Gasteiger partial charge in [-0.25, -0.2) is 9.97 Å². The van der Waals surface area contributed by atoms with E-state index in [9.17, 15) is 4.79 Å². The van der Waals surface area contributed by atoms with Gasteiger partial charge < -0.3 is 14.8 Å². The lowest BCUT2D eigenvalue weighted by molar-refractivity contribution is -0.118. The van der Waals surface area contributed by atoms with Crippen molar-refractivity contribution in [1.29, 1.82) is 0 Å². The fourth-order valence-electron chi connectivity index (χ4n) is 2.91. The molecule has 9 heteroatoms. The summed E-state index contributed by atoms with van der Waals surface area (Å²) in [6, 6.07) is 14.5. The molecule has 0 unspecified atom stereocenters. The predicted octanol–water partition coefficient (Wildman–Crippen LogP) is 4.98. The smallest absolute Gasteiger partial charge is 0.263 e. The number of carbonyl (C=O) groups is 1. The molecule has 4 rings (SSSR count). The highest BCUT2D eigenvalue weighted by Crippen LogP contribution is 2.29. The van der Waals surface area contributed by atoms with E-state index < -0.39 is 0 Å². The van der Waals surface area contributed by atoms with Crippen LogP contribution < -0.4 is 14.8 Å². The minimum absolute atomic E-state index is 0.140. The molecule has 4 aromatic rings. The van der Waals surface area contributed by atoms with Crippen LogP contribution in [0.3, 0.4) is 0 Å². The summed E-state index contributed by atoms with van der Waals surface area (Å²) in [4.78, 5) is 21.5. The first kappa shape index (κ1) is 20.9. The van der Waals surface area contributed by atoms with Gasteiger partial charge >= 0.3 is 0 Å². The van der Waals surface area contributed by atoms with E-state index in [0.717, 1.165) is 17.0 Å². The van der Waals surface area contributed by atoms with Crippen molar-refractivity contribution < 1.29 is 14.3 Å². The molecule has 0 radical (unpaired) electrons. The highest BCUT2D eigenvalue weighted by molar-refractivity contribution is 7.12. The monoisotopic (exact) mass is 454 g/mol. The summed E-state index contributed by atoms with van der Waals surface area (Å²) in [5.41, 5.74) is 1.76. The number of benzene rings is 2. The molecule has 31 heavy (non-hydrogen) atoms. The number of carbonyl (C=O) groups excluding carboxylic acids is 1. The number of ether oxygens (including phenoxy) is 2. The number of rotatable bonds is 7. The van der Waals surface area contributed by atoms with Gasteiger partial charge in [-0.1, -0.05) is 23.7 Å². The number of nitrogens with zero attached hydrogens (tertiary/aromatic N) is 3. The third kappa shape index (κ3) is 4.87. The molecule has 1 amide bonds. The van der Waals surface area contributed by atoms with Crippen LogP contribution in [0.5, 0.6) is 11.5 Å². The van der Waals surface area contributed by atoms with Crippen molar-refractivity contribution >= 4 is 34.7 Å². The van der Waals surface area contributed by atoms with Crippen molar-refractivity contribution in [3.63, 3.8) is 0 Å². The van der Waals surface area contributed by atoms with E-state index >= 15 is 0 Å². The van der Waals surface area contributed by atoms with Gasteiger partial charge in [-0.15, -0.1) is 11.3 Å². The molecule has 158 valence electrons. The largest absolute Gasteiger partial charge is 0.497 e. The van der Waals surface area contributed by atoms with Gasteiger partial charge in [0.1, 0.15) is 23.1 Å². The van der Waals surface area contributed by atoms with Crippen molar-refractivity contribution in [1.82, 2.24) is 14.5 Å². The number of nitrogens with one attached hydrogen (secondary N) is 1. The van der Waals surface area contributed by atoms with E-state index in [1.807, 2.05) is 36.6 Å². The molecule has 7 nitrogen and oxygen atoms in total. The van der Waals surface area contributed by atoms with Crippen LogP contribution in [-0.4, -0.2) is 34.2 Å². The number of thiazole rings is 1. The zero-order valence-electron chi connectivity index (χ0n) is 16.8. The number of methoxy groups -OCH3 is 1. The van der Waals surface area contributed by atoms with Crippen LogP contribution in [-0.2, 0) is 4.79 Å². The maximum atomic E-state index is 12.4. The summed E-state index contributed by atoms with van der Waals surface area (Å²) >= 11 is 7.32. The number of hydrogen-bond donors (Lipinski definition) is 1. The summed E-state index contributed by atoms with van der Waals surface area (Å²) in [5, 5.41) is 6.09. The zero-order chi connectivity index (χ0) is 21.8. The molecule has 0 aliphatic heterocycles. The van der Waals surface area contributed by atoms with E-state index in [-0.39, 0.29) is 12.5 Å². The van der Waals surface area contributed by atoms with E-state index in [0.29, 0.717) is 27.5 Å². The molecule has 0 spiro atoms. The standard InChI is InChI=1S/C22H19ClN4O3S/c1-14-24-11-20(26-21(28)12-30-17-8-6-16(23)7-9-17)27(14)22-25-19(13-31-22)15-4-3-5-18(10-15)29-2/h3-11,13H,12H2,1-2H3,(H,26,28). The lowest BCUT2D eigenvalue weighted by Gasteiger charge is -2.10. The minimum atomic E-state index is -0.305. The normalized spacial score (nSPS) is 10.7. The number of aryl methyl sites for hydroxylation is 1. The summed E-state index contributed by atoms with van der Waals surface area (Å²) in [5.74, 6) is 2.25. The van der Waals surface area contributed by atoms with Crippen LogP contribution in [0.25, 0.3) is 16.4 Å². The number of amides is 1. The molecule has 2 heterocycles. The molecule has 0 atom stereocenters. The second-order valence-electron chi connectivity index (χ2n) is 6.56. The van der Waals surface area contributed by atoms with Crippen molar-refractivity contribution in [3.05, 3.63) is 71.0 Å². The Morgan fingerprint density at radius 1 is 1.19 bits per heavy atom. The van der Waals surface area contributed by atoms with Gasteiger partial charge in [0.05, 0.1) is 19.0 Å². The number of anilines is 1. The van der Waals surface area contributed by atoms with E-state index in [1.54, 1.807) is 42.1 Å². The van der Waals surface area contributed by atoms with Crippen molar-refractivity contribution in [3.8, 4) is 27.9 Å². The minimum Gasteiger partial charge on any atom is -0.497 e. The van der Waals surface area contributed by atoms with Crippen LogP contribution in [0.15, 0.2) is 60.1 Å². The molecule has 0 aliphatic carbocycles. The lowest BCUT2D eigenvalue weighted by Crippen LogP contribution is -2.21. The fraction of sp³-hybridized carbons (Fsp3) is 0.136. The topological polar surface area (TPSA) is 78.3 Å². The molecule has 0 saturated heterocycles. The fourth-order valence-corrected chi connectivity index (χ4v) is 3.93. The van der Waals surface area contributed by atoms with Gasteiger partial charge in [-0.3, -0.25) is 9.36 Å². The lowest BCUT2D eigenvalue weighted by atomic mass is 10.2. The summed E-state index contributed by atoms with van der Waals surface area (Å²) < 4.78 is 12.6. The molecule has 0 fully saturated rings. The van der Waals surface area contributed by atoms with Crippen LogP contribution >= 0.6 is 22.9 Å².